The van der Waals surface area contributed by atoms with Crippen molar-refractivity contribution in [2.45, 2.75) is 31.3 Å². The predicted octanol–water partition coefficient (Wildman–Crippen LogP) is 1.21. The molecule has 0 aliphatic heterocycles. The highest BCUT2D eigenvalue weighted by Gasteiger charge is 2.11. The van der Waals surface area contributed by atoms with Crippen molar-refractivity contribution in [2.24, 2.45) is 0 Å². The minimum absolute atomic E-state index is 0.0768. The first-order chi connectivity index (χ1) is 13.0. The second kappa shape index (κ2) is 10.5. The fourth-order valence-corrected chi connectivity index (χ4v) is 2.96. The molecule has 0 bridgehead atoms. The molecular weight excluding hydrogens is 364 g/mol. The maximum atomic E-state index is 12.0. The van der Waals surface area contributed by atoms with Gasteiger partial charge in [-0.25, -0.2) is 4.98 Å². The van der Waals surface area contributed by atoms with E-state index < -0.39 is 0 Å². The predicted molar refractivity (Wildman–Crippen MR) is 106 cm³/mol. The van der Waals surface area contributed by atoms with Crippen molar-refractivity contribution in [3.8, 4) is 0 Å². The Hall–Kier alpha value is -2.61. The molecule has 0 fully saturated rings. The summed E-state index contributed by atoms with van der Waals surface area (Å²) >= 11 is 1.36. The standard InChI is InChI=1S/C19H24N4O3S/c1-13-15(18(26)23-19(22-13)27-2)8-9-16(24)21-12-17(25)20-11-10-14-6-4-3-5-7-14/h3-7H,8-12H2,1-2H3,(H,20,25)(H,21,24)(H,22,23,26). The number of amides is 2. The highest BCUT2D eigenvalue weighted by atomic mass is 32.2. The van der Waals surface area contributed by atoms with Crippen LogP contribution < -0.4 is 16.2 Å². The number of aromatic amines is 1. The van der Waals surface area contributed by atoms with E-state index in [-0.39, 0.29) is 36.8 Å². The molecule has 2 amide bonds. The van der Waals surface area contributed by atoms with Gasteiger partial charge in [0.15, 0.2) is 5.16 Å². The average molecular weight is 388 g/mol. The number of hydrogen-bond acceptors (Lipinski definition) is 5. The van der Waals surface area contributed by atoms with Crippen LogP contribution in [0.15, 0.2) is 40.3 Å². The summed E-state index contributed by atoms with van der Waals surface area (Å²) in [7, 11) is 0. The Morgan fingerprint density at radius 1 is 1.11 bits per heavy atom. The second-order valence-electron chi connectivity index (χ2n) is 6.00. The van der Waals surface area contributed by atoms with Crippen LogP contribution in [-0.2, 0) is 22.4 Å². The summed E-state index contributed by atoms with van der Waals surface area (Å²) < 4.78 is 0. The molecule has 0 saturated heterocycles. The highest BCUT2D eigenvalue weighted by molar-refractivity contribution is 7.98. The van der Waals surface area contributed by atoms with Crippen molar-refractivity contribution in [3.63, 3.8) is 0 Å². The molecule has 0 aliphatic carbocycles. The maximum Gasteiger partial charge on any atom is 0.254 e. The molecule has 144 valence electrons. The molecule has 0 spiro atoms. The number of nitrogens with zero attached hydrogens (tertiary/aromatic N) is 1. The molecule has 3 N–H and O–H groups in total. The van der Waals surface area contributed by atoms with Crippen molar-refractivity contribution in [2.75, 3.05) is 19.3 Å². The van der Waals surface area contributed by atoms with E-state index in [1.54, 1.807) is 6.92 Å². The molecule has 2 rings (SSSR count). The van der Waals surface area contributed by atoms with Crippen molar-refractivity contribution < 1.29 is 9.59 Å². The third-order valence-electron chi connectivity index (χ3n) is 4.02. The molecule has 1 aromatic heterocycles. The van der Waals surface area contributed by atoms with E-state index in [0.717, 1.165) is 12.0 Å². The first-order valence-electron chi connectivity index (χ1n) is 8.70. The first kappa shape index (κ1) is 20.7. The van der Waals surface area contributed by atoms with Gasteiger partial charge in [0, 0.05) is 24.2 Å². The smallest absolute Gasteiger partial charge is 0.254 e. The zero-order chi connectivity index (χ0) is 19.6. The Morgan fingerprint density at radius 3 is 2.52 bits per heavy atom. The zero-order valence-electron chi connectivity index (χ0n) is 15.5. The fourth-order valence-electron chi connectivity index (χ4n) is 2.53. The van der Waals surface area contributed by atoms with Crippen LogP contribution in [-0.4, -0.2) is 41.1 Å². The molecule has 0 radical (unpaired) electrons. The molecule has 0 aliphatic rings. The zero-order valence-corrected chi connectivity index (χ0v) is 16.3. The van der Waals surface area contributed by atoms with Crippen LogP contribution in [0.3, 0.4) is 0 Å². The van der Waals surface area contributed by atoms with Crippen LogP contribution in [0.4, 0.5) is 0 Å². The van der Waals surface area contributed by atoms with E-state index in [1.807, 2.05) is 36.6 Å². The summed E-state index contributed by atoms with van der Waals surface area (Å²) in [6, 6.07) is 9.85. The van der Waals surface area contributed by atoms with E-state index in [1.165, 1.54) is 11.8 Å². The molecule has 27 heavy (non-hydrogen) atoms. The van der Waals surface area contributed by atoms with Gasteiger partial charge in [-0.05, 0) is 31.6 Å². The Balaban J connectivity index is 1.70. The van der Waals surface area contributed by atoms with E-state index in [0.29, 0.717) is 23.0 Å². The number of benzene rings is 1. The number of hydrogen-bond donors (Lipinski definition) is 3. The average Bonchev–Trinajstić information content (AvgIpc) is 2.66. The van der Waals surface area contributed by atoms with Gasteiger partial charge >= 0.3 is 0 Å². The van der Waals surface area contributed by atoms with Gasteiger partial charge in [-0.15, -0.1) is 0 Å². The van der Waals surface area contributed by atoms with Gasteiger partial charge in [0.1, 0.15) is 0 Å². The summed E-state index contributed by atoms with van der Waals surface area (Å²) in [5.41, 5.74) is 2.03. The van der Waals surface area contributed by atoms with Crippen LogP contribution in [0, 0.1) is 6.92 Å². The topological polar surface area (TPSA) is 104 Å². The summed E-state index contributed by atoms with van der Waals surface area (Å²) in [6.45, 7) is 2.19. The lowest BCUT2D eigenvalue weighted by Gasteiger charge is -2.08. The van der Waals surface area contributed by atoms with Gasteiger partial charge in [-0.2, -0.15) is 0 Å². The summed E-state index contributed by atoms with van der Waals surface area (Å²) in [4.78, 5) is 42.7. The Morgan fingerprint density at radius 2 is 1.85 bits per heavy atom. The van der Waals surface area contributed by atoms with Gasteiger partial charge in [-0.1, -0.05) is 42.1 Å². The lowest BCUT2D eigenvalue weighted by Crippen LogP contribution is -2.37. The molecule has 8 heteroatoms. The van der Waals surface area contributed by atoms with E-state index in [4.69, 9.17) is 0 Å². The number of carbonyl (C=O) groups excluding carboxylic acids is 2. The van der Waals surface area contributed by atoms with Crippen molar-refractivity contribution in [1.82, 2.24) is 20.6 Å². The largest absolute Gasteiger partial charge is 0.354 e. The normalized spacial score (nSPS) is 10.4. The summed E-state index contributed by atoms with van der Waals surface area (Å²) in [5.74, 6) is -0.514. The van der Waals surface area contributed by atoms with Gasteiger partial charge in [0.25, 0.3) is 5.56 Å². The van der Waals surface area contributed by atoms with Crippen LogP contribution in [0.1, 0.15) is 23.2 Å². The number of aryl methyl sites for hydroxylation is 1. The quantitative estimate of drug-likeness (QED) is 0.442. The minimum Gasteiger partial charge on any atom is -0.354 e. The summed E-state index contributed by atoms with van der Waals surface area (Å²) in [5, 5.41) is 5.90. The van der Waals surface area contributed by atoms with Crippen LogP contribution in [0.2, 0.25) is 0 Å². The van der Waals surface area contributed by atoms with E-state index >= 15 is 0 Å². The van der Waals surface area contributed by atoms with Gasteiger partial charge in [0.05, 0.1) is 6.54 Å². The number of nitrogens with one attached hydrogen (secondary N) is 3. The number of aromatic nitrogens is 2. The third-order valence-corrected chi connectivity index (χ3v) is 4.60. The molecule has 1 heterocycles. The monoisotopic (exact) mass is 388 g/mol. The van der Waals surface area contributed by atoms with Crippen LogP contribution in [0.5, 0.6) is 0 Å². The SMILES string of the molecule is CSc1nc(C)c(CCC(=O)NCC(=O)NCCc2ccccc2)c(=O)[nH]1. The van der Waals surface area contributed by atoms with Crippen molar-refractivity contribution in [1.29, 1.82) is 0 Å². The molecule has 0 atom stereocenters. The summed E-state index contributed by atoms with van der Waals surface area (Å²) in [6.07, 6.45) is 2.98. The molecule has 2 aromatic rings. The van der Waals surface area contributed by atoms with E-state index in [2.05, 4.69) is 20.6 Å². The Kier molecular flexibility index (Phi) is 8.06. The third kappa shape index (κ3) is 6.90. The molecule has 0 saturated carbocycles. The number of carbonyl (C=O) groups is 2. The Labute approximate surface area is 162 Å². The van der Waals surface area contributed by atoms with Gasteiger partial charge in [-0.3, -0.25) is 14.4 Å². The highest BCUT2D eigenvalue weighted by Crippen LogP contribution is 2.09. The maximum absolute atomic E-state index is 12.0. The van der Waals surface area contributed by atoms with Crippen molar-refractivity contribution in [3.05, 3.63) is 57.5 Å². The fraction of sp³-hybridized carbons (Fsp3) is 0.368. The lowest BCUT2D eigenvalue weighted by atomic mass is 10.1. The molecule has 0 unspecified atom stereocenters. The first-order valence-corrected chi connectivity index (χ1v) is 9.93. The van der Waals surface area contributed by atoms with Gasteiger partial charge in [0.2, 0.25) is 11.8 Å². The van der Waals surface area contributed by atoms with Crippen molar-refractivity contribution >= 4 is 23.6 Å². The second-order valence-corrected chi connectivity index (χ2v) is 6.80. The lowest BCUT2D eigenvalue weighted by molar-refractivity contribution is -0.126. The number of H-pyrrole nitrogens is 1. The molecule has 1 aromatic carbocycles. The molecule has 7 nitrogen and oxygen atoms in total. The molecular formula is C19H24N4O3S. The number of rotatable bonds is 9. The van der Waals surface area contributed by atoms with Gasteiger partial charge < -0.3 is 15.6 Å². The van der Waals surface area contributed by atoms with E-state index in [9.17, 15) is 14.4 Å². The Bertz CT molecular complexity index is 837. The minimum atomic E-state index is -0.277. The number of thioether (sulfide) groups is 1. The van der Waals surface area contributed by atoms with Crippen LogP contribution >= 0.6 is 11.8 Å². The van der Waals surface area contributed by atoms with Crippen LogP contribution in [0.25, 0.3) is 0 Å².